The second-order valence-electron chi connectivity index (χ2n) is 0.289. The summed E-state index contributed by atoms with van der Waals surface area (Å²) in [5.74, 6) is 0. The molecule has 0 saturated heterocycles. The number of hydrogen-bond acceptors (Lipinski definition) is 0. The summed E-state index contributed by atoms with van der Waals surface area (Å²) in [6, 6.07) is 0. The fourth-order valence-electron chi connectivity index (χ4n) is 0. The Labute approximate surface area is 66.7 Å². The molecule has 0 fully saturated rings. The molecule has 0 aromatic rings. The van der Waals surface area contributed by atoms with Gasteiger partial charge >= 0.3 is 22.4 Å². The van der Waals surface area contributed by atoms with Gasteiger partial charge in [-0.1, -0.05) is 0 Å². The predicted octanol–water partition coefficient (Wildman–Crippen LogP) is -4.99. The van der Waals surface area contributed by atoms with E-state index in [1.165, 1.54) is 6.08 Å². The minimum Gasteiger partial charge on any atom is -1.00 e. The molecule has 6 heavy (non-hydrogen) atoms. The molecule has 0 rings (SSSR count). The first-order chi connectivity index (χ1) is 1.41. The van der Waals surface area contributed by atoms with Gasteiger partial charge in [0, 0.05) is 0 Å². The first kappa shape index (κ1) is 28.4. The molecule has 0 atom stereocenters. The number of rotatable bonds is 0. The van der Waals surface area contributed by atoms with Crippen LogP contribution in [0.4, 0.5) is 0 Å². The fourth-order valence-corrected chi connectivity index (χ4v) is 0. The van der Waals surface area contributed by atoms with Crippen LogP contribution in [0.15, 0.2) is 12.7 Å². The predicted molar refractivity (Wildman–Crippen MR) is 15.6 cm³/mol. The molecule has 0 bridgehead atoms. The van der Waals surface area contributed by atoms with Crippen LogP contribution in [-0.2, 0) is 22.4 Å². The Morgan fingerprint density at radius 3 is 1.33 bits per heavy atom. The molecule has 42 valence electrons. The minimum absolute atomic E-state index is 0. The van der Waals surface area contributed by atoms with Crippen LogP contribution in [0.3, 0.4) is 0 Å². The Bertz CT molecular complexity index is 16.3. The SMILES string of the molecule is C=C[CH2-].[Au+3].[Cl-].[Cl-]. The number of allylic oxidation sites excluding steroid dienone is 1. The molecule has 0 N–H and O–H groups in total. The summed E-state index contributed by atoms with van der Waals surface area (Å²) in [6.45, 7) is 6.50. The Morgan fingerprint density at radius 2 is 1.33 bits per heavy atom. The van der Waals surface area contributed by atoms with E-state index < -0.39 is 0 Å². The minimum atomic E-state index is 0. The van der Waals surface area contributed by atoms with Crippen molar-refractivity contribution in [2.24, 2.45) is 0 Å². The molecule has 0 aliphatic carbocycles. The maximum Gasteiger partial charge on any atom is 3.00 e. The van der Waals surface area contributed by atoms with E-state index in [1.54, 1.807) is 0 Å². The van der Waals surface area contributed by atoms with E-state index in [0.717, 1.165) is 0 Å². The molecule has 0 aliphatic rings. The normalized spacial score (nSPS) is 2.00. The second-order valence-corrected chi connectivity index (χ2v) is 0.289. The van der Waals surface area contributed by atoms with Gasteiger partial charge in [0.25, 0.3) is 0 Å². The molecule has 0 nitrogen and oxygen atoms in total. The molecule has 0 radical (unpaired) electrons. The Balaban J connectivity index is -0.00000000667. The quantitative estimate of drug-likeness (QED) is 0.311. The molecule has 0 aromatic heterocycles. The third kappa shape index (κ3) is 88.0. The van der Waals surface area contributed by atoms with Crippen molar-refractivity contribution in [2.75, 3.05) is 0 Å². The molecule has 0 aromatic carbocycles. The zero-order chi connectivity index (χ0) is 2.71. The molecular formula is C3H5AuCl2. The van der Waals surface area contributed by atoms with Crippen LogP contribution >= 0.6 is 0 Å². The van der Waals surface area contributed by atoms with Gasteiger partial charge in [-0.3, -0.25) is 0 Å². The molecule has 3 heteroatoms. The Kier molecular flexibility index (Phi) is 183. The smallest absolute Gasteiger partial charge is 1.00 e. The summed E-state index contributed by atoms with van der Waals surface area (Å²) in [5, 5.41) is 0. The summed E-state index contributed by atoms with van der Waals surface area (Å²) in [6.07, 6.45) is 1.50. The van der Waals surface area contributed by atoms with Gasteiger partial charge in [-0.15, -0.1) is 0 Å². The third-order valence-corrected chi connectivity index (χ3v) is 0. The summed E-state index contributed by atoms with van der Waals surface area (Å²) in [5.41, 5.74) is 0. The third-order valence-electron chi connectivity index (χ3n) is 0. The van der Waals surface area contributed by atoms with E-state index in [1.807, 2.05) is 0 Å². The molecule has 0 spiro atoms. The Morgan fingerprint density at radius 1 is 1.33 bits per heavy atom. The first-order valence-corrected chi connectivity index (χ1v) is 0.816. The summed E-state index contributed by atoms with van der Waals surface area (Å²) < 4.78 is 0. The maximum absolute atomic E-state index is 3.25. The average Bonchev–Trinajstić information content (AvgIpc) is 0.918. The summed E-state index contributed by atoms with van der Waals surface area (Å²) >= 11 is 0. The van der Waals surface area contributed by atoms with Crippen LogP contribution in [0.5, 0.6) is 0 Å². The van der Waals surface area contributed by atoms with Crippen molar-refractivity contribution in [2.45, 2.75) is 0 Å². The average molecular weight is 309 g/mol. The topological polar surface area (TPSA) is 0 Å². The zero-order valence-corrected chi connectivity index (χ0v) is 6.73. The summed E-state index contributed by atoms with van der Waals surface area (Å²) in [7, 11) is 0. The van der Waals surface area contributed by atoms with E-state index in [0.29, 0.717) is 0 Å². The van der Waals surface area contributed by atoms with E-state index in [-0.39, 0.29) is 47.2 Å². The zero-order valence-electron chi connectivity index (χ0n) is 3.05. The van der Waals surface area contributed by atoms with Crippen molar-refractivity contribution in [1.82, 2.24) is 0 Å². The first-order valence-electron chi connectivity index (χ1n) is 0.816. The van der Waals surface area contributed by atoms with Crippen LogP contribution in [0.2, 0.25) is 0 Å². The van der Waals surface area contributed by atoms with Crippen molar-refractivity contribution in [3.63, 3.8) is 0 Å². The molecule has 0 aliphatic heterocycles. The van der Waals surface area contributed by atoms with Crippen LogP contribution < -0.4 is 24.8 Å². The maximum atomic E-state index is 3.25. The van der Waals surface area contributed by atoms with Crippen LogP contribution in [0, 0.1) is 6.92 Å². The monoisotopic (exact) mass is 308 g/mol. The van der Waals surface area contributed by atoms with E-state index in [2.05, 4.69) is 13.5 Å². The number of hydrogen-bond donors (Lipinski definition) is 0. The number of halogens is 2. The van der Waals surface area contributed by atoms with Crippen molar-refractivity contribution in [3.8, 4) is 0 Å². The molecule has 0 heterocycles. The fraction of sp³-hybridized carbons (Fsp3) is 0. The standard InChI is InChI=1S/C3H5.Au.2ClH/c1-3-2;;;/h3H,1-2H2;;2*1H/q-1;+3;;/p-2. The van der Waals surface area contributed by atoms with Crippen LogP contribution in [0.25, 0.3) is 0 Å². The van der Waals surface area contributed by atoms with E-state index in [4.69, 9.17) is 0 Å². The summed E-state index contributed by atoms with van der Waals surface area (Å²) in [4.78, 5) is 0. The van der Waals surface area contributed by atoms with Gasteiger partial charge in [-0.25, -0.2) is 19.6 Å². The van der Waals surface area contributed by atoms with Crippen LogP contribution in [-0.4, -0.2) is 0 Å². The van der Waals surface area contributed by atoms with Crippen molar-refractivity contribution < 1.29 is 47.2 Å². The van der Waals surface area contributed by atoms with Gasteiger partial charge in [-0.2, -0.15) is 0 Å². The van der Waals surface area contributed by atoms with Crippen molar-refractivity contribution in [1.29, 1.82) is 0 Å². The van der Waals surface area contributed by atoms with Gasteiger partial charge in [0.05, 0.1) is 0 Å². The van der Waals surface area contributed by atoms with Crippen LogP contribution in [0.1, 0.15) is 0 Å². The molecule has 0 unspecified atom stereocenters. The van der Waals surface area contributed by atoms with Crippen molar-refractivity contribution in [3.05, 3.63) is 19.6 Å². The van der Waals surface area contributed by atoms with Gasteiger partial charge in [0.2, 0.25) is 0 Å². The van der Waals surface area contributed by atoms with Gasteiger partial charge in [-0.05, 0) is 0 Å². The van der Waals surface area contributed by atoms with Gasteiger partial charge in [0.1, 0.15) is 0 Å². The van der Waals surface area contributed by atoms with E-state index >= 15 is 0 Å². The van der Waals surface area contributed by atoms with Crippen molar-refractivity contribution >= 4 is 0 Å². The molecule has 0 amide bonds. The van der Waals surface area contributed by atoms with Gasteiger partial charge < -0.3 is 24.8 Å². The molecular weight excluding hydrogens is 304 g/mol. The van der Waals surface area contributed by atoms with Gasteiger partial charge in [0.15, 0.2) is 0 Å². The second kappa shape index (κ2) is 38.7. The van der Waals surface area contributed by atoms with E-state index in [9.17, 15) is 0 Å². The Hall–Kier alpha value is 0.930. The largest absolute Gasteiger partial charge is 3.00 e. The molecule has 0 saturated carbocycles.